The average Bonchev–Trinajstić information content (AvgIpc) is 2.74. The van der Waals surface area contributed by atoms with Crippen LogP contribution in [0.25, 0.3) is 11.0 Å². The zero-order valence-electron chi connectivity index (χ0n) is 12.3. The van der Waals surface area contributed by atoms with Gasteiger partial charge in [0.15, 0.2) is 9.84 Å². The molecule has 20 heavy (non-hydrogen) atoms. The number of hydrogen-bond acceptors (Lipinski definition) is 4. The van der Waals surface area contributed by atoms with Gasteiger partial charge < -0.3 is 10.3 Å². The summed E-state index contributed by atoms with van der Waals surface area (Å²) in [6.07, 6.45) is 1.24. The Morgan fingerprint density at radius 2 is 1.95 bits per heavy atom. The van der Waals surface area contributed by atoms with E-state index in [2.05, 4.69) is 4.98 Å². The molecule has 1 atom stereocenters. The second-order valence-electron chi connectivity index (χ2n) is 5.43. The fraction of sp³-hybridized carbons (Fsp3) is 0.500. The van der Waals surface area contributed by atoms with E-state index in [1.807, 2.05) is 36.6 Å². The fourth-order valence-electron chi connectivity index (χ4n) is 2.31. The lowest BCUT2D eigenvalue weighted by Gasteiger charge is -2.16. The minimum atomic E-state index is -3.18. The molecule has 1 heterocycles. The molecular formula is C14H21N3O2S. The van der Waals surface area contributed by atoms with Crippen molar-refractivity contribution in [1.82, 2.24) is 9.55 Å². The molecular weight excluding hydrogens is 274 g/mol. The van der Waals surface area contributed by atoms with Gasteiger partial charge in [0.2, 0.25) is 0 Å². The van der Waals surface area contributed by atoms with Crippen molar-refractivity contribution in [2.75, 3.05) is 6.26 Å². The summed E-state index contributed by atoms with van der Waals surface area (Å²) in [7, 11) is -3.18. The maximum Gasteiger partial charge on any atom is 0.157 e. The molecule has 0 amide bonds. The first-order valence-electron chi connectivity index (χ1n) is 6.65. The first-order valence-corrected chi connectivity index (χ1v) is 8.61. The molecule has 0 fully saturated rings. The predicted octanol–water partition coefficient (Wildman–Crippen LogP) is 2.18. The molecule has 0 spiro atoms. The van der Waals surface area contributed by atoms with Crippen LogP contribution in [0.1, 0.15) is 43.5 Å². The van der Waals surface area contributed by atoms with Crippen LogP contribution in [0, 0.1) is 0 Å². The van der Waals surface area contributed by atoms with Gasteiger partial charge in [-0.25, -0.2) is 13.4 Å². The SMILES string of the molecule is CC(C)n1c(C(C)S(C)(=O)=O)nc2cc(CN)ccc21. The lowest BCUT2D eigenvalue weighted by Crippen LogP contribution is -2.15. The van der Waals surface area contributed by atoms with E-state index < -0.39 is 15.1 Å². The van der Waals surface area contributed by atoms with Crippen molar-refractivity contribution in [2.24, 2.45) is 5.73 Å². The van der Waals surface area contributed by atoms with Gasteiger partial charge in [-0.3, -0.25) is 0 Å². The predicted molar refractivity (Wildman–Crippen MR) is 81.3 cm³/mol. The highest BCUT2D eigenvalue weighted by Crippen LogP contribution is 2.29. The van der Waals surface area contributed by atoms with Gasteiger partial charge in [-0.05, 0) is 38.5 Å². The lowest BCUT2D eigenvalue weighted by molar-refractivity contribution is 0.561. The normalized spacial score (nSPS) is 14.1. The third-order valence-electron chi connectivity index (χ3n) is 3.54. The molecule has 0 radical (unpaired) electrons. The van der Waals surface area contributed by atoms with Crippen LogP contribution in [0.2, 0.25) is 0 Å². The fourth-order valence-corrected chi connectivity index (χ4v) is 2.86. The van der Waals surface area contributed by atoms with Crippen molar-refractivity contribution in [3.8, 4) is 0 Å². The highest BCUT2D eigenvalue weighted by atomic mass is 32.2. The van der Waals surface area contributed by atoms with Crippen molar-refractivity contribution in [3.05, 3.63) is 29.6 Å². The van der Waals surface area contributed by atoms with Gasteiger partial charge in [-0.15, -0.1) is 0 Å². The molecule has 2 rings (SSSR count). The Labute approximate surface area is 119 Å². The van der Waals surface area contributed by atoms with Crippen molar-refractivity contribution < 1.29 is 8.42 Å². The maximum atomic E-state index is 11.8. The molecule has 1 aromatic heterocycles. The zero-order valence-corrected chi connectivity index (χ0v) is 13.1. The van der Waals surface area contributed by atoms with Gasteiger partial charge >= 0.3 is 0 Å². The Hall–Kier alpha value is -1.40. The van der Waals surface area contributed by atoms with E-state index in [1.165, 1.54) is 6.26 Å². The summed E-state index contributed by atoms with van der Waals surface area (Å²) in [4.78, 5) is 4.54. The molecule has 2 N–H and O–H groups in total. The molecule has 0 saturated carbocycles. The van der Waals surface area contributed by atoms with Crippen LogP contribution < -0.4 is 5.73 Å². The second kappa shape index (κ2) is 5.18. The van der Waals surface area contributed by atoms with E-state index in [0.717, 1.165) is 16.6 Å². The number of nitrogens with zero attached hydrogens (tertiary/aromatic N) is 2. The Kier molecular flexibility index (Phi) is 3.88. The van der Waals surface area contributed by atoms with Crippen LogP contribution in [0.15, 0.2) is 18.2 Å². The van der Waals surface area contributed by atoms with Crippen molar-refractivity contribution in [1.29, 1.82) is 0 Å². The molecule has 2 aromatic rings. The third kappa shape index (κ3) is 2.58. The van der Waals surface area contributed by atoms with E-state index in [9.17, 15) is 8.42 Å². The van der Waals surface area contributed by atoms with Gasteiger partial charge in [-0.1, -0.05) is 6.07 Å². The topological polar surface area (TPSA) is 78.0 Å². The van der Waals surface area contributed by atoms with Crippen LogP contribution in [-0.2, 0) is 16.4 Å². The van der Waals surface area contributed by atoms with E-state index in [4.69, 9.17) is 5.73 Å². The Morgan fingerprint density at radius 1 is 1.30 bits per heavy atom. The second-order valence-corrected chi connectivity index (χ2v) is 7.80. The summed E-state index contributed by atoms with van der Waals surface area (Å²) in [5.74, 6) is 0.590. The van der Waals surface area contributed by atoms with E-state index in [-0.39, 0.29) is 6.04 Å². The quantitative estimate of drug-likeness (QED) is 0.937. The number of nitrogens with two attached hydrogens (primary N) is 1. The molecule has 6 heteroatoms. The Bertz CT molecular complexity index is 732. The van der Waals surface area contributed by atoms with Crippen molar-refractivity contribution in [2.45, 2.75) is 38.6 Å². The van der Waals surface area contributed by atoms with Crippen LogP contribution in [0.4, 0.5) is 0 Å². The smallest absolute Gasteiger partial charge is 0.157 e. The molecule has 5 nitrogen and oxygen atoms in total. The first-order chi connectivity index (χ1) is 9.25. The lowest BCUT2D eigenvalue weighted by atomic mass is 10.2. The highest BCUT2D eigenvalue weighted by molar-refractivity contribution is 7.90. The molecule has 1 unspecified atom stereocenters. The monoisotopic (exact) mass is 295 g/mol. The number of hydrogen-bond donors (Lipinski definition) is 1. The third-order valence-corrected chi connectivity index (χ3v) is 5.03. The van der Waals surface area contributed by atoms with Crippen molar-refractivity contribution >= 4 is 20.9 Å². The van der Waals surface area contributed by atoms with Crippen molar-refractivity contribution in [3.63, 3.8) is 0 Å². The molecule has 0 aliphatic carbocycles. The summed E-state index contributed by atoms with van der Waals surface area (Å²) in [5, 5.41) is -0.626. The standard InChI is InChI=1S/C14H21N3O2S/c1-9(2)17-13-6-5-11(8-15)7-12(13)16-14(17)10(3)20(4,18)19/h5-7,9-10H,8,15H2,1-4H3. The zero-order chi connectivity index (χ0) is 15.1. The molecule has 0 aliphatic rings. The Balaban J connectivity index is 2.74. The summed E-state index contributed by atoms with van der Waals surface area (Å²) in [6.45, 7) is 6.17. The number of imidazole rings is 1. The van der Waals surface area contributed by atoms with Gasteiger partial charge in [0.25, 0.3) is 0 Å². The van der Waals surface area contributed by atoms with Crippen LogP contribution in [0.5, 0.6) is 0 Å². The minimum Gasteiger partial charge on any atom is -0.326 e. The number of rotatable bonds is 4. The van der Waals surface area contributed by atoms with Gasteiger partial charge in [0.05, 0.1) is 11.0 Å². The van der Waals surface area contributed by atoms with Crippen LogP contribution in [0.3, 0.4) is 0 Å². The average molecular weight is 295 g/mol. The first kappa shape index (κ1) is 15.0. The summed E-state index contributed by atoms with van der Waals surface area (Å²) >= 11 is 0. The maximum absolute atomic E-state index is 11.8. The van der Waals surface area contributed by atoms with Gasteiger partial charge in [0.1, 0.15) is 11.1 Å². The number of benzene rings is 1. The summed E-state index contributed by atoms with van der Waals surface area (Å²) < 4.78 is 25.7. The van der Waals surface area contributed by atoms with Gasteiger partial charge in [0, 0.05) is 18.8 Å². The summed E-state index contributed by atoms with van der Waals surface area (Å²) in [5.41, 5.74) is 8.38. The largest absolute Gasteiger partial charge is 0.326 e. The molecule has 0 saturated heterocycles. The van der Waals surface area contributed by atoms with E-state index in [0.29, 0.717) is 12.4 Å². The number of sulfone groups is 1. The molecule has 1 aromatic carbocycles. The van der Waals surface area contributed by atoms with Crippen LogP contribution >= 0.6 is 0 Å². The number of fused-ring (bicyclic) bond motifs is 1. The summed E-state index contributed by atoms with van der Waals surface area (Å²) in [6, 6.07) is 5.98. The van der Waals surface area contributed by atoms with E-state index >= 15 is 0 Å². The number of aromatic nitrogens is 2. The molecule has 110 valence electrons. The molecule has 0 aliphatic heterocycles. The molecule has 0 bridgehead atoms. The van der Waals surface area contributed by atoms with Crippen LogP contribution in [-0.4, -0.2) is 24.2 Å². The highest BCUT2D eigenvalue weighted by Gasteiger charge is 2.25. The minimum absolute atomic E-state index is 0.142. The van der Waals surface area contributed by atoms with Gasteiger partial charge in [-0.2, -0.15) is 0 Å². The Morgan fingerprint density at radius 3 is 2.45 bits per heavy atom. The van der Waals surface area contributed by atoms with E-state index in [1.54, 1.807) is 6.92 Å².